The highest BCUT2D eigenvalue weighted by Gasteiger charge is 2.26. The maximum atomic E-state index is 12.5. The Hall–Kier alpha value is -2.42. The van der Waals surface area contributed by atoms with Gasteiger partial charge in [0, 0.05) is 31.2 Å². The molecular formula is C20H22ClN3O4S. The number of rotatable bonds is 6. The van der Waals surface area contributed by atoms with Gasteiger partial charge < -0.3 is 10.6 Å². The van der Waals surface area contributed by atoms with Gasteiger partial charge in [-0.1, -0.05) is 35.9 Å². The van der Waals surface area contributed by atoms with E-state index < -0.39 is 21.8 Å². The molecule has 0 saturated carbocycles. The van der Waals surface area contributed by atoms with Crippen molar-refractivity contribution in [2.75, 3.05) is 13.1 Å². The van der Waals surface area contributed by atoms with E-state index in [9.17, 15) is 18.0 Å². The molecule has 2 amide bonds. The van der Waals surface area contributed by atoms with Crippen molar-refractivity contribution in [2.45, 2.75) is 30.8 Å². The van der Waals surface area contributed by atoms with Gasteiger partial charge in [0.25, 0.3) is 0 Å². The first kappa shape index (κ1) is 21.3. The molecule has 0 aromatic heterocycles. The molecule has 1 fully saturated rings. The fourth-order valence-corrected chi connectivity index (χ4v) is 4.63. The molecule has 1 aliphatic heterocycles. The number of nitrogens with zero attached hydrogens (tertiary/aromatic N) is 1. The molecule has 3 rings (SSSR count). The largest absolute Gasteiger partial charge is 0.344 e. The summed E-state index contributed by atoms with van der Waals surface area (Å²) in [7, 11) is -3.46. The molecule has 1 heterocycles. The Balaban J connectivity index is 1.49. The quantitative estimate of drug-likeness (QED) is 0.679. The van der Waals surface area contributed by atoms with Gasteiger partial charge in [0.2, 0.25) is 10.0 Å². The zero-order valence-corrected chi connectivity index (χ0v) is 17.3. The van der Waals surface area contributed by atoms with E-state index in [4.69, 9.17) is 11.6 Å². The third-order valence-corrected chi connectivity index (χ3v) is 6.82. The summed E-state index contributed by atoms with van der Waals surface area (Å²) in [5.41, 5.74) is 1.52. The maximum Gasteiger partial charge on any atom is 0.309 e. The van der Waals surface area contributed by atoms with Gasteiger partial charge in [-0.2, -0.15) is 4.31 Å². The van der Waals surface area contributed by atoms with Gasteiger partial charge in [-0.3, -0.25) is 9.59 Å². The van der Waals surface area contributed by atoms with Crippen molar-refractivity contribution >= 4 is 33.4 Å². The second-order valence-electron chi connectivity index (χ2n) is 6.75. The monoisotopic (exact) mass is 435 g/mol. The Labute approximate surface area is 175 Å². The number of halogens is 1. The van der Waals surface area contributed by atoms with Gasteiger partial charge in [0.05, 0.1) is 4.90 Å². The average Bonchev–Trinajstić information content (AvgIpc) is 3.27. The molecule has 0 spiro atoms. The second kappa shape index (κ2) is 9.39. The lowest BCUT2D eigenvalue weighted by molar-refractivity contribution is -0.139. The first-order valence-corrected chi connectivity index (χ1v) is 11.1. The second-order valence-corrected chi connectivity index (χ2v) is 9.12. The molecule has 0 bridgehead atoms. The van der Waals surface area contributed by atoms with E-state index in [-0.39, 0.29) is 18.0 Å². The first-order chi connectivity index (χ1) is 13.9. The van der Waals surface area contributed by atoms with Crippen LogP contribution < -0.4 is 10.6 Å². The maximum absolute atomic E-state index is 12.5. The molecule has 9 heteroatoms. The van der Waals surface area contributed by atoms with Gasteiger partial charge in [-0.05, 0) is 48.2 Å². The van der Waals surface area contributed by atoms with Gasteiger partial charge >= 0.3 is 11.8 Å². The van der Waals surface area contributed by atoms with Crippen molar-refractivity contribution < 1.29 is 18.0 Å². The predicted molar refractivity (Wildman–Crippen MR) is 110 cm³/mol. The first-order valence-electron chi connectivity index (χ1n) is 9.26. The van der Waals surface area contributed by atoms with Crippen LogP contribution in [-0.4, -0.2) is 37.6 Å². The Bertz CT molecular complexity index is 970. The molecule has 0 atom stereocenters. The van der Waals surface area contributed by atoms with Gasteiger partial charge in [-0.15, -0.1) is 0 Å². The van der Waals surface area contributed by atoms with Crippen molar-refractivity contribution in [3.63, 3.8) is 0 Å². The van der Waals surface area contributed by atoms with Crippen molar-refractivity contribution in [2.24, 2.45) is 0 Å². The molecule has 0 aliphatic carbocycles. The highest BCUT2D eigenvalue weighted by Crippen LogP contribution is 2.21. The normalized spacial score (nSPS) is 14.5. The standard InChI is InChI=1S/C20H22ClN3O4S/c21-17-7-3-15(4-8-17)13-22-19(25)20(26)23-14-16-5-9-18(10-6-16)29(27,28)24-11-1-2-12-24/h3-10H,1-2,11-14H2,(H,22,25)(H,23,26). The van der Waals surface area contributed by atoms with Crippen molar-refractivity contribution in [1.82, 2.24) is 14.9 Å². The summed E-state index contributed by atoms with van der Waals surface area (Å²) in [4.78, 5) is 24.1. The zero-order chi connectivity index (χ0) is 20.9. The summed E-state index contributed by atoms with van der Waals surface area (Å²) in [6.07, 6.45) is 1.76. The number of hydrogen-bond acceptors (Lipinski definition) is 4. The van der Waals surface area contributed by atoms with Gasteiger partial charge in [0.15, 0.2) is 0 Å². The number of carbonyl (C=O) groups excluding carboxylic acids is 2. The molecule has 29 heavy (non-hydrogen) atoms. The molecule has 154 valence electrons. The van der Waals surface area contributed by atoms with Crippen LogP contribution in [0, 0.1) is 0 Å². The number of carbonyl (C=O) groups is 2. The van der Waals surface area contributed by atoms with Crippen LogP contribution in [0.15, 0.2) is 53.4 Å². The van der Waals surface area contributed by atoms with E-state index in [0.29, 0.717) is 23.7 Å². The molecule has 1 saturated heterocycles. The van der Waals surface area contributed by atoms with Crippen LogP contribution in [0.2, 0.25) is 5.02 Å². The third kappa shape index (κ3) is 5.56. The summed E-state index contributed by atoms with van der Waals surface area (Å²) in [6.45, 7) is 1.43. The molecule has 2 aromatic rings. The average molecular weight is 436 g/mol. The number of benzene rings is 2. The van der Waals surface area contributed by atoms with Crippen molar-refractivity contribution in [3.8, 4) is 0 Å². The number of sulfonamides is 1. The van der Waals surface area contributed by atoms with E-state index >= 15 is 0 Å². The van der Waals surface area contributed by atoms with Crippen LogP contribution >= 0.6 is 11.6 Å². The van der Waals surface area contributed by atoms with Crippen LogP contribution in [0.1, 0.15) is 24.0 Å². The van der Waals surface area contributed by atoms with E-state index in [1.807, 2.05) is 0 Å². The van der Waals surface area contributed by atoms with Crippen LogP contribution in [0.4, 0.5) is 0 Å². The van der Waals surface area contributed by atoms with E-state index in [0.717, 1.165) is 18.4 Å². The highest BCUT2D eigenvalue weighted by atomic mass is 35.5. The fourth-order valence-electron chi connectivity index (χ4n) is 2.98. The minimum atomic E-state index is -3.46. The molecule has 1 aliphatic rings. The Kier molecular flexibility index (Phi) is 6.89. The summed E-state index contributed by atoms with van der Waals surface area (Å²) in [5, 5.41) is 5.66. The number of hydrogen-bond donors (Lipinski definition) is 2. The summed E-state index contributed by atoms with van der Waals surface area (Å²) < 4.78 is 26.5. The minimum Gasteiger partial charge on any atom is -0.344 e. The lowest BCUT2D eigenvalue weighted by atomic mass is 10.2. The fraction of sp³-hybridized carbons (Fsp3) is 0.300. The summed E-state index contributed by atoms with van der Waals surface area (Å²) in [6, 6.07) is 13.2. The third-order valence-electron chi connectivity index (χ3n) is 4.65. The van der Waals surface area contributed by atoms with E-state index in [1.165, 1.54) is 16.4 Å². The van der Waals surface area contributed by atoms with Crippen molar-refractivity contribution in [1.29, 1.82) is 0 Å². The van der Waals surface area contributed by atoms with E-state index in [2.05, 4.69) is 10.6 Å². The van der Waals surface area contributed by atoms with Crippen LogP contribution in [0.3, 0.4) is 0 Å². The van der Waals surface area contributed by atoms with Crippen LogP contribution in [-0.2, 0) is 32.7 Å². The van der Waals surface area contributed by atoms with Crippen LogP contribution in [0.5, 0.6) is 0 Å². The summed E-state index contributed by atoms with van der Waals surface area (Å²) >= 11 is 5.80. The molecule has 0 radical (unpaired) electrons. The smallest absolute Gasteiger partial charge is 0.309 e. The Morgan fingerprint density at radius 3 is 1.76 bits per heavy atom. The molecule has 7 nitrogen and oxygen atoms in total. The Morgan fingerprint density at radius 2 is 1.28 bits per heavy atom. The Morgan fingerprint density at radius 1 is 0.828 bits per heavy atom. The number of amides is 2. The van der Waals surface area contributed by atoms with Crippen molar-refractivity contribution in [3.05, 3.63) is 64.7 Å². The molecule has 0 unspecified atom stereocenters. The topological polar surface area (TPSA) is 95.6 Å². The summed E-state index contributed by atoms with van der Waals surface area (Å²) in [5.74, 6) is -1.50. The lowest BCUT2D eigenvalue weighted by Gasteiger charge is -2.15. The SMILES string of the molecule is O=C(NCc1ccc(Cl)cc1)C(=O)NCc1ccc(S(=O)(=O)N2CCCC2)cc1. The number of nitrogens with one attached hydrogen (secondary N) is 2. The van der Waals surface area contributed by atoms with E-state index in [1.54, 1.807) is 36.4 Å². The van der Waals surface area contributed by atoms with Gasteiger partial charge in [0.1, 0.15) is 0 Å². The lowest BCUT2D eigenvalue weighted by Crippen LogP contribution is -2.39. The minimum absolute atomic E-state index is 0.122. The zero-order valence-electron chi connectivity index (χ0n) is 15.7. The molecule has 2 aromatic carbocycles. The molecular weight excluding hydrogens is 414 g/mol. The highest BCUT2D eigenvalue weighted by molar-refractivity contribution is 7.89. The predicted octanol–water partition coefficient (Wildman–Crippen LogP) is 2.06. The van der Waals surface area contributed by atoms with Crippen LogP contribution in [0.25, 0.3) is 0 Å². The molecule has 2 N–H and O–H groups in total. The van der Waals surface area contributed by atoms with Gasteiger partial charge in [-0.25, -0.2) is 8.42 Å².